The Balaban J connectivity index is 0.000000232. The first-order chi connectivity index (χ1) is 16.0. The molecule has 0 amide bonds. The molecule has 2 aromatic heterocycles. The maximum Gasteiger partial charge on any atom is 0.586 e. The third-order valence-corrected chi connectivity index (χ3v) is 5.88. The monoisotopic (exact) mass is 481 g/mol. The van der Waals surface area contributed by atoms with Crippen LogP contribution in [0.4, 0.5) is 19.1 Å². The van der Waals surface area contributed by atoms with Gasteiger partial charge in [0.25, 0.3) is 0 Å². The number of fused-ring (bicyclic) bond motifs is 5. The Morgan fingerprint density at radius 2 is 1.88 bits per heavy atom. The smallest absolute Gasteiger partial charge is 0.395 e. The van der Waals surface area contributed by atoms with E-state index in [-0.39, 0.29) is 23.0 Å². The summed E-state index contributed by atoms with van der Waals surface area (Å²) in [5, 5.41) is 4.79. The van der Waals surface area contributed by atoms with E-state index in [1.807, 2.05) is 6.92 Å². The van der Waals surface area contributed by atoms with Crippen molar-refractivity contribution in [2.24, 2.45) is 5.92 Å². The molecular weight excluding hydrogens is 447 g/mol. The Morgan fingerprint density at radius 3 is 2.53 bits per heavy atom. The summed E-state index contributed by atoms with van der Waals surface area (Å²) in [7, 11) is 0. The number of alkyl halides is 3. The fourth-order valence-corrected chi connectivity index (χ4v) is 3.99. The number of nitrogen functional groups attached to an aromatic ring is 1. The lowest BCUT2D eigenvalue weighted by Crippen LogP contribution is -2.26. The molecule has 0 spiro atoms. The fraction of sp³-hybridized carbons (Fsp3) is 0.625. The van der Waals surface area contributed by atoms with Gasteiger partial charge in [-0.05, 0) is 44.2 Å². The lowest BCUT2D eigenvalue weighted by Gasteiger charge is -2.23. The molecule has 0 fully saturated rings. The number of hydrogen-bond donors (Lipinski definition) is 1. The molecule has 0 saturated heterocycles. The summed E-state index contributed by atoms with van der Waals surface area (Å²) in [5.74, 6) is 0.965. The second-order valence-corrected chi connectivity index (χ2v) is 9.17. The fourth-order valence-electron chi connectivity index (χ4n) is 3.99. The van der Waals surface area contributed by atoms with Gasteiger partial charge in [0.2, 0.25) is 5.95 Å². The van der Waals surface area contributed by atoms with Crippen LogP contribution in [0.2, 0.25) is 0 Å². The molecule has 0 bridgehead atoms. The second-order valence-electron chi connectivity index (χ2n) is 9.17. The number of nitrogens with zero attached hydrogens (tertiary/aromatic N) is 4. The van der Waals surface area contributed by atoms with Gasteiger partial charge in [-0.2, -0.15) is 4.52 Å². The third kappa shape index (κ3) is 5.82. The topological polar surface area (TPSA) is 87.6 Å². The minimum Gasteiger partial charge on any atom is -0.395 e. The Labute approximate surface area is 197 Å². The van der Waals surface area contributed by atoms with Crippen LogP contribution >= 0.6 is 0 Å². The molecule has 0 aliphatic carbocycles. The van der Waals surface area contributed by atoms with Crippen molar-refractivity contribution < 1.29 is 22.6 Å². The zero-order chi connectivity index (χ0) is 25.1. The number of unbranched alkanes of at least 4 members (excludes halogenated alkanes) is 1. The summed E-state index contributed by atoms with van der Waals surface area (Å²) in [6, 6.07) is 2.98. The van der Waals surface area contributed by atoms with E-state index in [0.29, 0.717) is 29.2 Å². The predicted octanol–water partition coefficient (Wildman–Crippen LogP) is 6.47. The van der Waals surface area contributed by atoms with Crippen LogP contribution in [0.15, 0.2) is 12.1 Å². The molecule has 0 saturated carbocycles. The van der Waals surface area contributed by atoms with Crippen molar-refractivity contribution in [3.05, 3.63) is 18.0 Å². The molecular formula is C24H34F3N5O2. The van der Waals surface area contributed by atoms with Gasteiger partial charge in [0, 0.05) is 11.8 Å². The van der Waals surface area contributed by atoms with E-state index in [2.05, 4.69) is 45.3 Å². The zero-order valence-electron chi connectivity index (χ0n) is 20.5. The first-order valence-corrected chi connectivity index (χ1v) is 11.9. The molecule has 3 aromatic rings. The highest BCUT2D eigenvalue weighted by Gasteiger charge is 2.44. The molecule has 2 N–H and O–H groups in total. The van der Waals surface area contributed by atoms with E-state index in [1.54, 1.807) is 13.0 Å². The van der Waals surface area contributed by atoms with Gasteiger partial charge < -0.3 is 15.2 Å². The van der Waals surface area contributed by atoms with Gasteiger partial charge in [0.05, 0.1) is 0 Å². The number of aryl methyl sites for hydroxylation is 1. The SMILES string of the molecule is CCCCC(C)(F)CC(C)CC.CCCc1nc2c3ccc4c(c3nc(N)n2n1)OC(F)(F)O4. The molecule has 188 valence electrons. The van der Waals surface area contributed by atoms with Crippen molar-refractivity contribution in [2.45, 2.75) is 91.5 Å². The number of ether oxygens (including phenoxy) is 2. The van der Waals surface area contributed by atoms with Crippen molar-refractivity contribution in [1.29, 1.82) is 0 Å². The van der Waals surface area contributed by atoms with E-state index in [1.165, 1.54) is 10.6 Å². The molecule has 0 radical (unpaired) electrons. The molecule has 4 rings (SSSR count). The van der Waals surface area contributed by atoms with E-state index >= 15 is 0 Å². The molecule has 3 heterocycles. The first-order valence-electron chi connectivity index (χ1n) is 11.9. The Kier molecular flexibility index (Phi) is 7.77. The number of rotatable bonds is 8. The molecule has 34 heavy (non-hydrogen) atoms. The van der Waals surface area contributed by atoms with Gasteiger partial charge in [-0.1, -0.05) is 47.0 Å². The highest BCUT2D eigenvalue weighted by atomic mass is 19.3. The minimum atomic E-state index is -3.71. The van der Waals surface area contributed by atoms with E-state index in [0.717, 1.165) is 38.5 Å². The van der Waals surface area contributed by atoms with Crippen LogP contribution in [0.1, 0.15) is 79.0 Å². The normalized spacial score (nSPS) is 16.8. The summed E-state index contributed by atoms with van der Waals surface area (Å²) in [5.41, 5.74) is 5.56. The largest absolute Gasteiger partial charge is 0.586 e. The van der Waals surface area contributed by atoms with E-state index < -0.39 is 12.0 Å². The Bertz CT molecular complexity index is 1130. The highest BCUT2D eigenvalue weighted by Crippen LogP contribution is 2.45. The van der Waals surface area contributed by atoms with E-state index in [4.69, 9.17) is 5.73 Å². The molecule has 1 aromatic carbocycles. The van der Waals surface area contributed by atoms with Gasteiger partial charge in [0.15, 0.2) is 23.0 Å². The van der Waals surface area contributed by atoms with Gasteiger partial charge in [-0.3, -0.25) is 0 Å². The average molecular weight is 482 g/mol. The summed E-state index contributed by atoms with van der Waals surface area (Å²) >= 11 is 0. The predicted molar refractivity (Wildman–Crippen MR) is 126 cm³/mol. The first kappa shape index (κ1) is 25.8. The van der Waals surface area contributed by atoms with Crippen LogP contribution in [-0.2, 0) is 6.42 Å². The number of benzene rings is 1. The Hall–Kier alpha value is -2.78. The number of aromatic nitrogens is 4. The van der Waals surface area contributed by atoms with Crippen molar-refractivity contribution in [3.63, 3.8) is 0 Å². The quantitative estimate of drug-likeness (QED) is 0.396. The zero-order valence-corrected chi connectivity index (χ0v) is 20.5. The summed E-state index contributed by atoms with van der Waals surface area (Å²) in [4.78, 5) is 8.52. The molecule has 1 aliphatic heterocycles. The maximum atomic E-state index is 13.7. The lowest BCUT2D eigenvalue weighted by molar-refractivity contribution is -0.286. The van der Waals surface area contributed by atoms with Gasteiger partial charge in [0.1, 0.15) is 11.2 Å². The minimum absolute atomic E-state index is 0.0459. The van der Waals surface area contributed by atoms with Crippen molar-refractivity contribution in [1.82, 2.24) is 19.6 Å². The van der Waals surface area contributed by atoms with Gasteiger partial charge >= 0.3 is 6.29 Å². The van der Waals surface area contributed by atoms with Crippen molar-refractivity contribution in [3.8, 4) is 11.5 Å². The van der Waals surface area contributed by atoms with Crippen LogP contribution in [0.5, 0.6) is 11.5 Å². The summed E-state index contributed by atoms with van der Waals surface area (Å²) < 4.78 is 50.6. The molecule has 10 heteroatoms. The number of nitrogens with two attached hydrogens (primary N) is 1. The van der Waals surface area contributed by atoms with Crippen LogP contribution in [0, 0.1) is 5.92 Å². The van der Waals surface area contributed by atoms with Crippen molar-refractivity contribution in [2.75, 3.05) is 5.73 Å². The molecule has 7 nitrogen and oxygen atoms in total. The molecule has 2 unspecified atom stereocenters. The average Bonchev–Trinajstić information content (AvgIpc) is 3.33. The summed E-state index contributed by atoms with van der Waals surface area (Å²) in [6.45, 7) is 10.1. The van der Waals surface area contributed by atoms with Crippen LogP contribution < -0.4 is 15.2 Å². The van der Waals surface area contributed by atoms with E-state index in [9.17, 15) is 13.2 Å². The van der Waals surface area contributed by atoms with Crippen LogP contribution in [0.25, 0.3) is 16.6 Å². The number of hydrogen-bond acceptors (Lipinski definition) is 6. The van der Waals surface area contributed by atoms with Crippen LogP contribution in [0.3, 0.4) is 0 Å². The number of halogens is 3. The second kappa shape index (κ2) is 10.2. The van der Waals surface area contributed by atoms with Crippen LogP contribution in [-0.4, -0.2) is 31.5 Å². The lowest BCUT2D eigenvalue weighted by atomic mass is 9.89. The van der Waals surface area contributed by atoms with Gasteiger partial charge in [-0.15, -0.1) is 13.9 Å². The highest BCUT2D eigenvalue weighted by molar-refractivity contribution is 5.97. The van der Waals surface area contributed by atoms with Gasteiger partial charge in [-0.25, -0.2) is 14.4 Å². The molecule has 1 aliphatic rings. The standard InChI is InChI=1S/C13H11F2N5O2.C11H23F/c1-2-3-8-17-11-6-4-5-7-10(22-13(14,15)21-7)9(6)18-12(16)20(11)19-8;1-5-7-8-11(4,12)9-10(3)6-2/h4-5H,2-3H2,1H3,(H2,16,18);10H,5-9H2,1-4H3. The summed E-state index contributed by atoms with van der Waals surface area (Å²) in [6.07, 6.45) is 2.51. The maximum absolute atomic E-state index is 13.7. The van der Waals surface area contributed by atoms with Crippen molar-refractivity contribution >= 4 is 22.5 Å². The number of anilines is 1. The molecule has 2 atom stereocenters. The Morgan fingerprint density at radius 1 is 1.15 bits per heavy atom. The third-order valence-electron chi connectivity index (χ3n) is 5.88.